The maximum atomic E-state index is 12.6. The van der Waals surface area contributed by atoms with Crippen molar-refractivity contribution < 1.29 is 18.3 Å². The highest BCUT2D eigenvalue weighted by Crippen LogP contribution is 2.35. The zero-order chi connectivity index (χ0) is 13.3. The molecule has 0 heterocycles. The van der Waals surface area contributed by atoms with Crippen molar-refractivity contribution in [2.45, 2.75) is 25.1 Å². The van der Waals surface area contributed by atoms with Crippen LogP contribution in [0, 0.1) is 5.92 Å². The normalized spacial score (nSPS) is 17.6. The van der Waals surface area contributed by atoms with Crippen molar-refractivity contribution in [1.29, 1.82) is 0 Å². The van der Waals surface area contributed by atoms with Crippen molar-refractivity contribution in [3.05, 3.63) is 23.8 Å². The highest BCUT2D eigenvalue weighted by molar-refractivity contribution is 5.58. The second-order valence-electron chi connectivity index (χ2n) is 4.59. The smallest absolute Gasteiger partial charge is 0.398 e. The third-order valence-electron chi connectivity index (χ3n) is 3.04. The summed E-state index contributed by atoms with van der Waals surface area (Å²) in [5, 5.41) is 12.4. The molecule has 6 heteroatoms. The first-order chi connectivity index (χ1) is 8.38. The Morgan fingerprint density at radius 2 is 2.06 bits per heavy atom. The van der Waals surface area contributed by atoms with Crippen LogP contribution in [0.15, 0.2) is 18.2 Å². The molecule has 0 radical (unpaired) electrons. The molecule has 1 unspecified atom stereocenters. The van der Waals surface area contributed by atoms with Gasteiger partial charge in [-0.25, -0.2) is 0 Å². The number of nitrogen functional groups attached to an aromatic ring is 1. The number of alkyl halides is 3. The molecule has 1 atom stereocenters. The van der Waals surface area contributed by atoms with Gasteiger partial charge in [0.05, 0.1) is 11.7 Å². The topological polar surface area (TPSA) is 58.3 Å². The third kappa shape index (κ3) is 3.07. The van der Waals surface area contributed by atoms with E-state index in [1.54, 1.807) is 0 Å². The molecule has 1 aliphatic rings. The average molecular weight is 260 g/mol. The van der Waals surface area contributed by atoms with E-state index in [0.29, 0.717) is 5.69 Å². The number of nitrogens with one attached hydrogen (secondary N) is 1. The number of aliphatic hydroxyl groups excluding tert-OH is 1. The van der Waals surface area contributed by atoms with E-state index in [9.17, 15) is 18.3 Å². The van der Waals surface area contributed by atoms with Gasteiger partial charge in [-0.15, -0.1) is 0 Å². The van der Waals surface area contributed by atoms with Crippen LogP contribution >= 0.6 is 0 Å². The van der Waals surface area contributed by atoms with Gasteiger partial charge in [0.15, 0.2) is 0 Å². The molecule has 0 amide bonds. The first kappa shape index (κ1) is 13.0. The van der Waals surface area contributed by atoms with Crippen molar-refractivity contribution in [1.82, 2.24) is 0 Å². The lowest BCUT2D eigenvalue weighted by molar-refractivity contribution is -0.136. The molecule has 0 bridgehead atoms. The average Bonchev–Trinajstić information content (AvgIpc) is 3.09. The van der Waals surface area contributed by atoms with Gasteiger partial charge >= 0.3 is 6.18 Å². The van der Waals surface area contributed by atoms with Crippen LogP contribution in [0.1, 0.15) is 18.4 Å². The fourth-order valence-electron chi connectivity index (χ4n) is 1.78. The van der Waals surface area contributed by atoms with E-state index < -0.39 is 17.8 Å². The summed E-state index contributed by atoms with van der Waals surface area (Å²) in [6, 6.07) is 3.66. The molecule has 0 saturated heterocycles. The number of rotatable bonds is 4. The number of aliphatic hydroxyl groups is 1. The number of hydrogen-bond donors (Lipinski definition) is 3. The summed E-state index contributed by atoms with van der Waals surface area (Å²) in [7, 11) is 0. The fraction of sp³-hybridized carbons (Fsp3) is 0.500. The van der Waals surface area contributed by atoms with Crippen LogP contribution in [0.5, 0.6) is 0 Å². The molecule has 0 aliphatic heterocycles. The molecule has 0 spiro atoms. The molecule has 0 aromatic heterocycles. The van der Waals surface area contributed by atoms with Crippen LogP contribution < -0.4 is 11.1 Å². The standard InChI is InChI=1S/C12H15F3N2O/c13-12(14,15)9-5-8(3-4-10(9)16)17-6-11(18)7-1-2-7/h3-5,7,11,17-18H,1-2,6,16H2. The molecular weight excluding hydrogens is 245 g/mol. The van der Waals surface area contributed by atoms with Gasteiger partial charge in [-0.05, 0) is 37.0 Å². The predicted molar refractivity (Wildman–Crippen MR) is 63.1 cm³/mol. The lowest BCUT2D eigenvalue weighted by Crippen LogP contribution is -2.21. The Kier molecular flexibility index (Phi) is 3.38. The summed E-state index contributed by atoms with van der Waals surface area (Å²) < 4.78 is 37.8. The molecule has 100 valence electrons. The summed E-state index contributed by atoms with van der Waals surface area (Å²) in [5.74, 6) is 0.286. The Morgan fingerprint density at radius 1 is 1.39 bits per heavy atom. The van der Waals surface area contributed by atoms with E-state index in [0.717, 1.165) is 18.9 Å². The van der Waals surface area contributed by atoms with Crippen molar-refractivity contribution in [3.8, 4) is 0 Å². The Morgan fingerprint density at radius 3 is 2.61 bits per heavy atom. The zero-order valence-electron chi connectivity index (χ0n) is 9.67. The summed E-state index contributed by atoms with van der Waals surface area (Å²) >= 11 is 0. The molecule has 4 N–H and O–H groups in total. The van der Waals surface area contributed by atoms with Gasteiger partial charge in [0.2, 0.25) is 0 Å². The van der Waals surface area contributed by atoms with E-state index in [1.807, 2.05) is 0 Å². The second-order valence-corrected chi connectivity index (χ2v) is 4.59. The van der Waals surface area contributed by atoms with Crippen molar-refractivity contribution >= 4 is 11.4 Å². The minimum Gasteiger partial charge on any atom is -0.398 e. The lowest BCUT2D eigenvalue weighted by Gasteiger charge is -2.15. The van der Waals surface area contributed by atoms with E-state index in [1.165, 1.54) is 12.1 Å². The van der Waals surface area contributed by atoms with Crippen LogP contribution in [0.25, 0.3) is 0 Å². The maximum absolute atomic E-state index is 12.6. The number of halogens is 3. The van der Waals surface area contributed by atoms with Gasteiger partial charge in [-0.3, -0.25) is 0 Å². The summed E-state index contributed by atoms with van der Waals surface area (Å²) in [6.07, 6.45) is -3.00. The Labute approximate surface area is 103 Å². The molecule has 18 heavy (non-hydrogen) atoms. The quantitative estimate of drug-likeness (QED) is 0.729. The van der Waals surface area contributed by atoms with Crippen LogP contribution in [0.2, 0.25) is 0 Å². The first-order valence-corrected chi connectivity index (χ1v) is 5.76. The third-order valence-corrected chi connectivity index (χ3v) is 3.04. The van der Waals surface area contributed by atoms with Gasteiger partial charge < -0.3 is 16.2 Å². The predicted octanol–water partition coefficient (Wildman–Crippen LogP) is 2.47. The van der Waals surface area contributed by atoms with E-state index >= 15 is 0 Å². The van der Waals surface area contributed by atoms with Crippen LogP contribution in [0.3, 0.4) is 0 Å². The Bertz CT molecular complexity index is 430. The van der Waals surface area contributed by atoms with Crippen LogP contribution in [-0.2, 0) is 6.18 Å². The van der Waals surface area contributed by atoms with Gasteiger partial charge in [0.25, 0.3) is 0 Å². The monoisotopic (exact) mass is 260 g/mol. The van der Waals surface area contributed by atoms with Crippen molar-refractivity contribution in [3.63, 3.8) is 0 Å². The highest BCUT2D eigenvalue weighted by atomic mass is 19.4. The van der Waals surface area contributed by atoms with Gasteiger partial charge in [0, 0.05) is 17.9 Å². The SMILES string of the molecule is Nc1ccc(NCC(O)C2CC2)cc1C(F)(F)F. The molecule has 1 saturated carbocycles. The van der Waals surface area contributed by atoms with Gasteiger partial charge in [0.1, 0.15) is 0 Å². The largest absolute Gasteiger partial charge is 0.418 e. The van der Waals surface area contributed by atoms with Crippen LogP contribution in [-0.4, -0.2) is 17.8 Å². The van der Waals surface area contributed by atoms with Crippen LogP contribution in [0.4, 0.5) is 24.5 Å². The molecule has 1 aliphatic carbocycles. The fourth-order valence-corrected chi connectivity index (χ4v) is 1.78. The Balaban J connectivity index is 2.04. The first-order valence-electron chi connectivity index (χ1n) is 5.76. The minimum absolute atomic E-state index is 0.256. The maximum Gasteiger partial charge on any atom is 0.418 e. The number of anilines is 2. The molecule has 1 aromatic carbocycles. The molecule has 1 aromatic rings. The van der Waals surface area contributed by atoms with E-state index in [4.69, 9.17) is 5.73 Å². The highest BCUT2D eigenvalue weighted by Gasteiger charge is 2.33. The summed E-state index contributed by atoms with van der Waals surface area (Å²) in [5.41, 5.74) is 4.46. The number of nitrogens with two attached hydrogens (primary N) is 1. The van der Waals surface area contributed by atoms with E-state index in [2.05, 4.69) is 5.32 Å². The molecule has 2 rings (SSSR count). The van der Waals surface area contributed by atoms with Gasteiger partial charge in [-0.2, -0.15) is 13.2 Å². The lowest BCUT2D eigenvalue weighted by atomic mass is 10.1. The molecule has 1 fully saturated rings. The number of benzene rings is 1. The van der Waals surface area contributed by atoms with Crippen molar-refractivity contribution in [2.75, 3.05) is 17.6 Å². The molecular formula is C12H15F3N2O. The minimum atomic E-state index is -4.46. The Hall–Kier alpha value is -1.43. The second kappa shape index (κ2) is 4.68. The summed E-state index contributed by atoms with van der Waals surface area (Å²) in [6.45, 7) is 0.256. The summed E-state index contributed by atoms with van der Waals surface area (Å²) in [4.78, 5) is 0. The molecule has 3 nitrogen and oxygen atoms in total. The number of hydrogen-bond acceptors (Lipinski definition) is 3. The van der Waals surface area contributed by atoms with Gasteiger partial charge in [-0.1, -0.05) is 0 Å². The van der Waals surface area contributed by atoms with Crippen molar-refractivity contribution in [2.24, 2.45) is 5.92 Å². The van der Waals surface area contributed by atoms with E-state index in [-0.39, 0.29) is 18.2 Å². The zero-order valence-corrected chi connectivity index (χ0v) is 9.67.